The highest BCUT2D eigenvalue weighted by Gasteiger charge is 2.07. The first-order valence-electron chi connectivity index (χ1n) is 4.89. The van der Waals surface area contributed by atoms with Gasteiger partial charge in [-0.3, -0.25) is 20.0 Å². The second kappa shape index (κ2) is 5.75. The topological polar surface area (TPSA) is 69.6 Å². The number of hydrogen-bond acceptors (Lipinski definition) is 3. The minimum absolute atomic E-state index is 0.0213. The van der Waals surface area contributed by atoms with Crippen molar-refractivity contribution in [3.63, 3.8) is 0 Å². The van der Waals surface area contributed by atoms with Gasteiger partial charge in [-0.05, 0) is 12.1 Å². The number of carbonyl (C=O) groups is 2. The molecule has 0 saturated heterocycles. The summed E-state index contributed by atoms with van der Waals surface area (Å²) in [6.07, 6.45) is -0.180. The van der Waals surface area contributed by atoms with E-state index in [4.69, 9.17) is 5.11 Å². The van der Waals surface area contributed by atoms with Crippen LogP contribution in [-0.2, 0) is 9.59 Å². The molecule has 0 bridgehead atoms. The Bertz CT molecular complexity index is 365. The average molecular weight is 222 g/mol. The molecule has 0 saturated carbocycles. The average Bonchev–Trinajstić information content (AvgIpc) is 2.27. The Balaban J connectivity index is 2.43. The van der Waals surface area contributed by atoms with Gasteiger partial charge in [-0.1, -0.05) is 18.2 Å². The summed E-state index contributed by atoms with van der Waals surface area (Å²) < 4.78 is 0. The molecule has 5 nitrogen and oxygen atoms in total. The maximum Gasteiger partial charge on any atom is 0.303 e. The lowest BCUT2D eigenvalue weighted by molar-refractivity contribution is -0.138. The van der Waals surface area contributed by atoms with Crippen molar-refractivity contribution in [2.45, 2.75) is 12.8 Å². The van der Waals surface area contributed by atoms with Gasteiger partial charge in [0.2, 0.25) is 5.91 Å². The molecule has 0 atom stereocenters. The minimum Gasteiger partial charge on any atom is -0.481 e. The zero-order valence-electron chi connectivity index (χ0n) is 9.01. The monoisotopic (exact) mass is 222 g/mol. The lowest BCUT2D eigenvalue weighted by Crippen LogP contribution is -2.39. The Kier molecular flexibility index (Phi) is 4.32. The van der Waals surface area contributed by atoms with Gasteiger partial charge in [0.05, 0.1) is 12.1 Å². The molecular formula is C11H14N2O3. The molecule has 0 aromatic heterocycles. The van der Waals surface area contributed by atoms with Crippen LogP contribution < -0.4 is 10.4 Å². The normalized spacial score (nSPS) is 9.56. The molecule has 86 valence electrons. The van der Waals surface area contributed by atoms with Crippen LogP contribution in [0, 0.1) is 0 Å². The van der Waals surface area contributed by atoms with Crippen molar-refractivity contribution in [2.24, 2.45) is 0 Å². The van der Waals surface area contributed by atoms with Crippen LogP contribution in [0.3, 0.4) is 0 Å². The van der Waals surface area contributed by atoms with Crippen molar-refractivity contribution in [3.8, 4) is 0 Å². The molecule has 0 fully saturated rings. The molecule has 2 N–H and O–H groups in total. The molecule has 0 aliphatic heterocycles. The molecular weight excluding hydrogens is 208 g/mol. The van der Waals surface area contributed by atoms with Gasteiger partial charge < -0.3 is 5.11 Å². The lowest BCUT2D eigenvalue weighted by Gasteiger charge is -2.19. The van der Waals surface area contributed by atoms with E-state index in [2.05, 4.69) is 5.43 Å². The lowest BCUT2D eigenvalue weighted by atomic mass is 10.3. The zero-order chi connectivity index (χ0) is 12.0. The van der Waals surface area contributed by atoms with Gasteiger partial charge in [0.25, 0.3) is 0 Å². The Morgan fingerprint density at radius 3 is 2.44 bits per heavy atom. The van der Waals surface area contributed by atoms with E-state index in [1.165, 1.54) is 0 Å². The predicted octanol–water partition coefficient (Wildman–Crippen LogP) is 1.02. The van der Waals surface area contributed by atoms with Crippen molar-refractivity contribution in [3.05, 3.63) is 30.3 Å². The fourth-order valence-corrected chi connectivity index (χ4v) is 1.18. The Morgan fingerprint density at radius 1 is 1.25 bits per heavy atom. The Morgan fingerprint density at radius 2 is 1.88 bits per heavy atom. The maximum atomic E-state index is 11.3. The number of benzene rings is 1. The number of nitrogens with zero attached hydrogens (tertiary/aromatic N) is 1. The van der Waals surface area contributed by atoms with Crippen LogP contribution in [-0.4, -0.2) is 24.0 Å². The summed E-state index contributed by atoms with van der Waals surface area (Å²) in [7, 11) is 1.70. The van der Waals surface area contributed by atoms with Crippen LogP contribution >= 0.6 is 0 Å². The molecule has 1 aromatic rings. The van der Waals surface area contributed by atoms with Gasteiger partial charge in [-0.15, -0.1) is 0 Å². The van der Waals surface area contributed by atoms with Gasteiger partial charge in [0.1, 0.15) is 0 Å². The highest BCUT2D eigenvalue weighted by Crippen LogP contribution is 2.08. The second-order valence-electron chi connectivity index (χ2n) is 3.32. The van der Waals surface area contributed by atoms with Crippen molar-refractivity contribution in [1.29, 1.82) is 0 Å². The molecule has 1 amide bonds. The van der Waals surface area contributed by atoms with Crippen molar-refractivity contribution >= 4 is 17.6 Å². The maximum absolute atomic E-state index is 11.3. The molecule has 0 heterocycles. The molecule has 0 spiro atoms. The highest BCUT2D eigenvalue weighted by atomic mass is 16.4. The number of para-hydroxylation sites is 1. The first-order valence-corrected chi connectivity index (χ1v) is 4.89. The summed E-state index contributed by atoms with van der Waals surface area (Å²) in [5.74, 6) is -1.29. The minimum atomic E-state index is -0.975. The Labute approximate surface area is 93.7 Å². The number of carboxylic acids is 1. The van der Waals surface area contributed by atoms with E-state index >= 15 is 0 Å². The van der Waals surface area contributed by atoms with Crippen molar-refractivity contribution in [1.82, 2.24) is 5.43 Å². The van der Waals surface area contributed by atoms with Gasteiger partial charge in [-0.25, -0.2) is 0 Å². The van der Waals surface area contributed by atoms with Crippen LogP contribution in [0.2, 0.25) is 0 Å². The first kappa shape index (κ1) is 12.0. The third kappa shape index (κ3) is 4.00. The number of aliphatic carboxylic acids is 1. The molecule has 0 unspecified atom stereocenters. The molecule has 0 aliphatic rings. The summed E-state index contributed by atoms with van der Waals surface area (Å²) in [5, 5.41) is 9.98. The number of hydrogen-bond donors (Lipinski definition) is 2. The second-order valence-corrected chi connectivity index (χ2v) is 3.32. The zero-order valence-corrected chi connectivity index (χ0v) is 9.01. The van der Waals surface area contributed by atoms with Gasteiger partial charge in [-0.2, -0.15) is 0 Å². The Hall–Kier alpha value is -2.04. The van der Waals surface area contributed by atoms with Crippen LogP contribution in [0.4, 0.5) is 5.69 Å². The quantitative estimate of drug-likeness (QED) is 0.730. The SMILES string of the molecule is CN(NC(=O)CCC(=O)O)c1ccccc1. The number of nitrogens with one attached hydrogen (secondary N) is 1. The molecule has 5 heteroatoms. The molecule has 1 rings (SSSR count). The number of carbonyl (C=O) groups excluding carboxylic acids is 1. The van der Waals surface area contributed by atoms with E-state index in [9.17, 15) is 9.59 Å². The summed E-state index contributed by atoms with van der Waals surface area (Å²) >= 11 is 0. The summed E-state index contributed by atoms with van der Waals surface area (Å²) in [6, 6.07) is 9.28. The number of anilines is 1. The van der Waals surface area contributed by atoms with Gasteiger partial charge >= 0.3 is 5.97 Å². The standard InChI is InChI=1S/C11H14N2O3/c1-13(9-5-3-2-4-6-9)12-10(14)7-8-11(15)16/h2-6H,7-8H2,1H3,(H,12,14)(H,15,16). The first-order chi connectivity index (χ1) is 7.59. The van der Waals surface area contributed by atoms with Crippen molar-refractivity contribution < 1.29 is 14.7 Å². The number of amides is 1. The molecule has 16 heavy (non-hydrogen) atoms. The third-order valence-corrected chi connectivity index (χ3v) is 2.00. The van der Waals surface area contributed by atoms with E-state index in [1.54, 1.807) is 12.1 Å². The fourth-order valence-electron chi connectivity index (χ4n) is 1.18. The van der Waals surface area contributed by atoms with E-state index in [-0.39, 0.29) is 18.7 Å². The van der Waals surface area contributed by atoms with Gasteiger partial charge in [0.15, 0.2) is 0 Å². The summed E-state index contributed by atoms with van der Waals surface area (Å²) in [4.78, 5) is 21.6. The largest absolute Gasteiger partial charge is 0.481 e. The molecule has 1 aromatic carbocycles. The van der Waals surface area contributed by atoms with Gasteiger partial charge in [0, 0.05) is 13.5 Å². The van der Waals surface area contributed by atoms with Crippen LogP contribution in [0.5, 0.6) is 0 Å². The number of rotatable bonds is 5. The fraction of sp³-hybridized carbons (Fsp3) is 0.273. The van der Waals surface area contributed by atoms with Crippen molar-refractivity contribution in [2.75, 3.05) is 12.1 Å². The smallest absolute Gasteiger partial charge is 0.303 e. The third-order valence-electron chi connectivity index (χ3n) is 2.00. The van der Waals surface area contributed by atoms with Crippen LogP contribution in [0.1, 0.15) is 12.8 Å². The van der Waals surface area contributed by atoms with Crippen LogP contribution in [0.15, 0.2) is 30.3 Å². The molecule has 0 aliphatic carbocycles. The van der Waals surface area contributed by atoms with E-state index in [0.717, 1.165) is 5.69 Å². The van der Waals surface area contributed by atoms with E-state index in [1.807, 2.05) is 30.3 Å². The highest BCUT2D eigenvalue weighted by molar-refractivity contribution is 5.81. The van der Waals surface area contributed by atoms with E-state index in [0.29, 0.717) is 0 Å². The molecule has 0 radical (unpaired) electrons. The summed E-state index contributed by atoms with van der Waals surface area (Å²) in [6.45, 7) is 0. The predicted molar refractivity (Wildman–Crippen MR) is 59.9 cm³/mol. The number of hydrazine groups is 1. The van der Waals surface area contributed by atoms with E-state index < -0.39 is 5.97 Å². The summed E-state index contributed by atoms with van der Waals surface area (Å²) in [5.41, 5.74) is 3.42. The van der Waals surface area contributed by atoms with Crippen LogP contribution in [0.25, 0.3) is 0 Å². The number of carboxylic acid groups (broad SMARTS) is 1.